The lowest BCUT2D eigenvalue weighted by Crippen LogP contribution is -2.32. The molecule has 0 aliphatic heterocycles. The van der Waals surface area contributed by atoms with Gasteiger partial charge in [-0.15, -0.1) is 0 Å². The molecule has 0 aromatic heterocycles. The minimum Gasteiger partial charge on any atom is -0.480 e. The number of aryl methyl sites for hydroxylation is 3. The summed E-state index contributed by atoms with van der Waals surface area (Å²) in [5, 5.41) is 2.81. The minimum absolute atomic E-state index is 0.109. The van der Waals surface area contributed by atoms with Gasteiger partial charge in [-0.2, -0.15) is 0 Å². The van der Waals surface area contributed by atoms with E-state index in [2.05, 4.69) is 10.0 Å². The molecule has 0 heterocycles. The SMILES string of the molecule is CCC(Oc1cccc(C)c1C)C(=O)Nc1ccc(S(=O)(=O)Nc2ccc(C)c(C)c2)cc1. The van der Waals surface area contributed by atoms with E-state index in [4.69, 9.17) is 4.74 Å². The predicted molar refractivity (Wildman–Crippen MR) is 132 cm³/mol. The third kappa shape index (κ3) is 5.93. The van der Waals surface area contributed by atoms with E-state index in [-0.39, 0.29) is 10.8 Å². The quantitative estimate of drug-likeness (QED) is 0.458. The summed E-state index contributed by atoms with van der Waals surface area (Å²) in [6.45, 7) is 9.73. The molecule has 1 amide bonds. The van der Waals surface area contributed by atoms with Gasteiger partial charge in [0.1, 0.15) is 5.75 Å². The second-order valence-electron chi connectivity index (χ2n) is 8.13. The summed E-state index contributed by atoms with van der Waals surface area (Å²) in [7, 11) is -3.75. The monoisotopic (exact) mass is 466 g/mol. The van der Waals surface area contributed by atoms with Crippen molar-refractivity contribution in [2.45, 2.75) is 52.0 Å². The minimum atomic E-state index is -3.75. The van der Waals surface area contributed by atoms with E-state index in [1.54, 1.807) is 24.3 Å². The molecular weight excluding hydrogens is 436 g/mol. The maximum Gasteiger partial charge on any atom is 0.265 e. The van der Waals surface area contributed by atoms with Crippen molar-refractivity contribution in [3.05, 3.63) is 82.9 Å². The van der Waals surface area contributed by atoms with Gasteiger partial charge in [-0.05, 0) is 98.8 Å². The summed E-state index contributed by atoms with van der Waals surface area (Å²) in [5.41, 5.74) is 5.17. The first-order chi connectivity index (χ1) is 15.6. The number of anilines is 2. The molecule has 0 radical (unpaired) electrons. The Bertz CT molecular complexity index is 1250. The van der Waals surface area contributed by atoms with Crippen LogP contribution in [-0.4, -0.2) is 20.4 Å². The van der Waals surface area contributed by atoms with E-state index >= 15 is 0 Å². The van der Waals surface area contributed by atoms with E-state index in [9.17, 15) is 13.2 Å². The zero-order valence-corrected chi connectivity index (χ0v) is 20.4. The number of ether oxygens (including phenoxy) is 1. The number of nitrogens with one attached hydrogen (secondary N) is 2. The van der Waals surface area contributed by atoms with Gasteiger partial charge in [-0.1, -0.05) is 25.1 Å². The molecule has 3 rings (SSSR count). The van der Waals surface area contributed by atoms with Crippen molar-refractivity contribution < 1.29 is 17.9 Å². The molecule has 2 N–H and O–H groups in total. The van der Waals surface area contributed by atoms with Crippen LogP contribution in [0.1, 0.15) is 35.6 Å². The predicted octanol–water partition coefficient (Wildman–Crippen LogP) is 5.52. The highest BCUT2D eigenvalue weighted by Gasteiger charge is 2.20. The molecule has 1 unspecified atom stereocenters. The maximum absolute atomic E-state index is 12.8. The number of sulfonamides is 1. The highest BCUT2D eigenvalue weighted by atomic mass is 32.2. The first-order valence-corrected chi connectivity index (χ1v) is 12.3. The number of hydrogen-bond acceptors (Lipinski definition) is 4. The van der Waals surface area contributed by atoms with Crippen LogP contribution in [-0.2, 0) is 14.8 Å². The molecule has 3 aromatic carbocycles. The van der Waals surface area contributed by atoms with Crippen LogP contribution in [0, 0.1) is 27.7 Å². The molecular formula is C26H30N2O4S. The molecule has 6 nitrogen and oxygen atoms in total. The number of carbonyl (C=O) groups is 1. The van der Waals surface area contributed by atoms with Crippen LogP contribution in [0.25, 0.3) is 0 Å². The molecule has 0 fully saturated rings. The lowest BCUT2D eigenvalue weighted by Gasteiger charge is -2.19. The number of benzene rings is 3. The normalized spacial score (nSPS) is 12.2. The molecule has 0 aliphatic rings. The summed E-state index contributed by atoms with van der Waals surface area (Å²) in [5.74, 6) is 0.387. The van der Waals surface area contributed by atoms with Crippen LogP contribution in [0.2, 0.25) is 0 Å². The molecule has 1 atom stereocenters. The van der Waals surface area contributed by atoms with Crippen LogP contribution >= 0.6 is 0 Å². The third-order valence-electron chi connectivity index (χ3n) is 5.68. The molecule has 0 bridgehead atoms. The van der Waals surface area contributed by atoms with Gasteiger partial charge < -0.3 is 10.1 Å². The first kappa shape index (κ1) is 24.3. The zero-order valence-electron chi connectivity index (χ0n) is 19.6. The summed E-state index contributed by atoms with van der Waals surface area (Å²) in [6.07, 6.45) is -0.175. The lowest BCUT2D eigenvalue weighted by molar-refractivity contribution is -0.122. The summed E-state index contributed by atoms with van der Waals surface area (Å²) in [4.78, 5) is 12.9. The van der Waals surface area contributed by atoms with E-state index in [0.717, 1.165) is 22.3 Å². The Hall–Kier alpha value is -3.32. The highest BCUT2D eigenvalue weighted by Crippen LogP contribution is 2.24. The summed E-state index contributed by atoms with van der Waals surface area (Å²) >= 11 is 0. The molecule has 0 saturated carbocycles. The maximum atomic E-state index is 12.8. The Labute approximate surface area is 196 Å². The fraction of sp³-hybridized carbons (Fsp3) is 0.269. The van der Waals surface area contributed by atoms with Gasteiger partial charge in [0.15, 0.2) is 6.10 Å². The largest absolute Gasteiger partial charge is 0.480 e. The third-order valence-corrected chi connectivity index (χ3v) is 7.08. The first-order valence-electron chi connectivity index (χ1n) is 10.8. The number of rotatable bonds is 8. The van der Waals surface area contributed by atoms with Gasteiger partial charge in [-0.25, -0.2) is 8.42 Å². The van der Waals surface area contributed by atoms with E-state index < -0.39 is 16.1 Å². The Morgan fingerprint density at radius 2 is 1.55 bits per heavy atom. The number of amides is 1. The van der Waals surface area contributed by atoms with E-state index in [1.807, 2.05) is 58.9 Å². The van der Waals surface area contributed by atoms with Gasteiger partial charge in [0, 0.05) is 11.4 Å². The number of hydrogen-bond donors (Lipinski definition) is 2. The van der Waals surface area contributed by atoms with Gasteiger partial charge in [0.2, 0.25) is 0 Å². The van der Waals surface area contributed by atoms with Crippen molar-refractivity contribution in [3.63, 3.8) is 0 Å². The molecule has 33 heavy (non-hydrogen) atoms. The van der Waals surface area contributed by atoms with Crippen LogP contribution in [0.4, 0.5) is 11.4 Å². The molecule has 174 valence electrons. The Morgan fingerprint density at radius 1 is 0.879 bits per heavy atom. The topological polar surface area (TPSA) is 84.5 Å². The second-order valence-corrected chi connectivity index (χ2v) is 9.81. The zero-order chi connectivity index (χ0) is 24.2. The fourth-order valence-corrected chi connectivity index (χ4v) is 4.34. The number of carbonyl (C=O) groups excluding carboxylic acids is 1. The van der Waals surface area contributed by atoms with Crippen LogP contribution in [0.15, 0.2) is 65.6 Å². The van der Waals surface area contributed by atoms with Crippen molar-refractivity contribution in [2.75, 3.05) is 10.0 Å². The Morgan fingerprint density at radius 3 is 2.18 bits per heavy atom. The van der Waals surface area contributed by atoms with Crippen molar-refractivity contribution in [2.24, 2.45) is 0 Å². The van der Waals surface area contributed by atoms with Crippen molar-refractivity contribution in [1.29, 1.82) is 0 Å². The van der Waals surface area contributed by atoms with Crippen molar-refractivity contribution in [1.82, 2.24) is 0 Å². The highest BCUT2D eigenvalue weighted by molar-refractivity contribution is 7.92. The molecule has 0 saturated heterocycles. The van der Waals surface area contributed by atoms with E-state index in [1.165, 1.54) is 12.1 Å². The van der Waals surface area contributed by atoms with Crippen molar-refractivity contribution >= 4 is 27.3 Å². The average Bonchev–Trinajstić information content (AvgIpc) is 2.77. The summed E-state index contributed by atoms with van der Waals surface area (Å²) in [6, 6.07) is 17.2. The van der Waals surface area contributed by atoms with Crippen molar-refractivity contribution in [3.8, 4) is 5.75 Å². The summed E-state index contributed by atoms with van der Waals surface area (Å²) < 4.78 is 34.0. The molecule has 0 spiro atoms. The second kappa shape index (κ2) is 10.1. The van der Waals surface area contributed by atoms with Crippen LogP contribution < -0.4 is 14.8 Å². The standard InChI is InChI=1S/C26H30N2O4S/c1-6-24(32-25-9-7-8-18(3)20(25)5)26(29)27-21-12-14-23(15-13-21)33(30,31)28-22-11-10-17(2)19(4)16-22/h7-16,24,28H,6H2,1-5H3,(H,27,29). The van der Waals surface area contributed by atoms with Crippen LogP contribution in [0.5, 0.6) is 5.75 Å². The smallest absolute Gasteiger partial charge is 0.265 e. The molecule has 7 heteroatoms. The van der Waals surface area contributed by atoms with E-state index in [0.29, 0.717) is 23.5 Å². The Kier molecular flexibility index (Phi) is 7.43. The van der Waals surface area contributed by atoms with Gasteiger partial charge >= 0.3 is 0 Å². The van der Waals surface area contributed by atoms with Gasteiger partial charge in [0.05, 0.1) is 4.90 Å². The van der Waals surface area contributed by atoms with Gasteiger partial charge in [0.25, 0.3) is 15.9 Å². The fourth-order valence-electron chi connectivity index (χ4n) is 3.29. The van der Waals surface area contributed by atoms with Gasteiger partial charge in [-0.3, -0.25) is 9.52 Å². The van der Waals surface area contributed by atoms with Crippen LogP contribution in [0.3, 0.4) is 0 Å². The lowest BCUT2D eigenvalue weighted by atomic mass is 10.1. The average molecular weight is 467 g/mol. The Balaban J connectivity index is 1.69. The molecule has 3 aromatic rings. The molecule has 0 aliphatic carbocycles.